The maximum absolute atomic E-state index is 12.9. The zero-order valence-electron chi connectivity index (χ0n) is 23.5. The number of carbonyl (C=O) groups is 2. The zero-order valence-corrected chi connectivity index (χ0v) is 23.5. The molecule has 0 aliphatic carbocycles. The van der Waals surface area contributed by atoms with Crippen LogP contribution in [0.5, 0.6) is 0 Å². The van der Waals surface area contributed by atoms with E-state index in [9.17, 15) is 14.7 Å². The predicted molar refractivity (Wildman–Crippen MR) is 149 cm³/mol. The minimum Gasteiger partial charge on any atom is -0.462 e. The first-order valence-corrected chi connectivity index (χ1v) is 13.4. The molecule has 2 aromatic carbocycles. The van der Waals surface area contributed by atoms with Gasteiger partial charge in [0, 0.05) is 13.1 Å². The molecule has 2 aromatic rings. The molecular formula is C31H45NO6. The van der Waals surface area contributed by atoms with Gasteiger partial charge in [-0.05, 0) is 54.7 Å². The minimum atomic E-state index is -0.827. The summed E-state index contributed by atoms with van der Waals surface area (Å²) >= 11 is 0. The second-order valence-electron chi connectivity index (χ2n) is 11.3. The second-order valence-corrected chi connectivity index (χ2v) is 11.3. The topological polar surface area (TPSA) is 105 Å². The highest BCUT2D eigenvalue weighted by atomic mass is 16.5. The molecule has 2 atom stereocenters. The van der Waals surface area contributed by atoms with Crippen molar-refractivity contribution < 1.29 is 29.3 Å². The summed E-state index contributed by atoms with van der Waals surface area (Å²) in [5.74, 6) is -0.406. The monoisotopic (exact) mass is 527 g/mol. The normalized spacial score (nSPS) is 13.6. The second kappa shape index (κ2) is 15.0. The van der Waals surface area contributed by atoms with Gasteiger partial charge in [0.05, 0.1) is 18.4 Å². The van der Waals surface area contributed by atoms with Crippen LogP contribution in [0.25, 0.3) is 0 Å². The van der Waals surface area contributed by atoms with Crippen LogP contribution in [0.3, 0.4) is 0 Å². The molecule has 2 unspecified atom stereocenters. The molecule has 3 N–H and O–H groups in total. The molecule has 210 valence electrons. The Balaban J connectivity index is 1.94. The third-order valence-corrected chi connectivity index (χ3v) is 6.85. The van der Waals surface area contributed by atoms with E-state index < -0.39 is 11.5 Å². The number of aliphatic hydroxyl groups excluding tert-OH is 2. The average Bonchev–Trinajstić information content (AvgIpc) is 2.87. The maximum Gasteiger partial charge on any atom is 0.311 e. The lowest BCUT2D eigenvalue weighted by atomic mass is 9.65. The van der Waals surface area contributed by atoms with Crippen LogP contribution in [0.1, 0.15) is 70.1 Å². The van der Waals surface area contributed by atoms with Gasteiger partial charge < -0.3 is 25.0 Å². The van der Waals surface area contributed by atoms with Crippen molar-refractivity contribution in [3.63, 3.8) is 0 Å². The quantitative estimate of drug-likeness (QED) is 0.220. The summed E-state index contributed by atoms with van der Waals surface area (Å²) in [6, 6.07) is 17.7. The van der Waals surface area contributed by atoms with E-state index >= 15 is 0 Å². The summed E-state index contributed by atoms with van der Waals surface area (Å²) in [6.07, 6.45) is 0.884. The number of hydrogen-bond acceptors (Lipinski definition) is 7. The van der Waals surface area contributed by atoms with Crippen LogP contribution >= 0.6 is 0 Å². The lowest BCUT2D eigenvalue weighted by Gasteiger charge is -2.39. The standard InChI is InChI=1S/C31H45NO6/c1-6-27(30(2,3)22-31(4,5)29(36)38-21-26(34)19-32-16-17-33)25-14-12-23(13-15-25)18-28(35)37-20-24-10-8-7-9-11-24/h7-15,26-27,32-34H,6,16-22H2,1-5H3. The number of nitrogens with one attached hydrogen (secondary N) is 1. The summed E-state index contributed by atoms with van der Waals surface area (Å²) in [4.78, 5) is 25.2. The fraction of sp³-hybridized carbons (Fsp3) is 0.548. The van der Waals surface area contributed by atoms with Crippen LogP contribution in [0.2, 0.25) is 0 Å². The summed E-state index contributed by atoms with van der Waals surface area (Å²) in [5.41, 5.74) is 2.07. The third kappa shape index (κ3) is 10.2. The zero-order chi connectivity index (χ0) is 28.2. The van der Waals surface area contributed by atoms with Crippen LogP contribution in [0.15, 0.2) is 54.6 Å². The van der Waals surface area contributed by atoms with Crippen molar-refractivity contribution in [3.8, 4) is 0 Å². The molecule has 7 nitrogen and oxygen atoms in total. The molecule has 0 spiro atoms. The molecule has 38 heavy (non-hydrogen) atoms. The van der Waals surface area contributed by atoms with Gasteiger partial charge in [-0.2, -0.15) is 0 Å². The predicted octanol–water partition coefficient (Wildman–Crippen LogP) is 4.39. The number of carbonyl (C=O) groups excluding carboxylic acids is 2. The third-order valence-electron chi connectivity index (χ3n) is 6.85. The molecular weight excluding hydrogens is 482 g/mol. The van der Waals surface area contributed by atoms with Crippen molar-refractivity contribution in [1.82, 2.24) is 5.32 Å². The molecule has 0 amide bonds. The molecule has 7 heteroatoms. The van der Waals surface area contributed by atoms with Gasteiger partial charge in [-0.3, -0.25) is 9.59 Å². The Morgan fingerprint density at radius 3 is 2.21 bits per heavy atom. The first-order chi connectivity index (χ1) is 18.0. The summed E-state index contributed by atoms with van der Waals surface area (Å²) in [6.45, 7) is 11.0. The number of ether oxygens (including phenoxy) is 2. The largest absolute Gasteiger partial charge is 0.462 e. The van der Waals surface area contributed by atoms with E-state index in [1.807, 2.05) is 56.3 Å². The highest BCUT2D eigenvalue weighted by Crippen LogP contribution is 2.46. The molecule has 0 aromatic heterocycles. The van der Waals surface area contributed by atoms with Crippen LogP contribution in [-0.2, 0) is 32.1 Å². The van der Waals surface area contributed by atoms with Crippen molar-refractivity contribution in [3.05, 3.63) is 71.3 Å². The van der Waals surface area contributed by atoms with Gasteiger partial charge >= 0.3 is 11.9 Å². The molecule has 0 fully saturated rings. The molecule has 0 saturated heterocycles. The van der Waals surface area contributed by atoms with Crippen LogP contribution in [-0.4, -0.2) is 54.6 Å². The Kier molecular flexibility index (Phi) is 12.4. The molecule has 0 saturated carbocycles. The number of aliphatic hydroxyl groups is 2. The van der Waals surface area contributed by atoms with Gasteiger partial charge in [0.1, 0.15) is 19.3 Å². The summed E-state index contributed by atoms with van der Waals surface area (Å²) in [5, 5.41) is 21.7. The van der Waals surface area contributed by atoms with E-state index in [4.69, 9.17) is 14.6 Å². The highest BCUT2D eigenvalue weighted by molar-refractivity contribution is 5.76. The van der Waals surface area contributed by atoms with Crippen molar-refractivity contribution in [1.29, 1.82) is 0 Å². The van der Waals surface area contributed by atoms with E-state index in [1.165, 1.54) is 0 Å². The molecule has 0 bridgehead atoms. The Bertz CT molecular complexity index is 987. The van der Waals surface area contributed by atoms with Gasteiger partial charge in [0.25, 0.3) is 0 Å². The maximum atomic E-state index is 12.9. The Morgan fingerprint density at radius 1 is 0.947 bits per heavy atom. The van der Waals surface area contributed by atoms with Gasteiger partial charge in [-0.1, -0.05) is 75.4 Å². The molecule has 0 radical (unpaired) electrons. The SMILES string of the molecule is CCC(c1ccc(CC(=O)OCc2ccccc2)cc1)C(C)(C)CC(C)(C)C(=O)OCC(O)CNCCO. The lowest BCUT2D eigenvalue weighted by molar-refractivity contribution is -0.159. The number of hydrogen-bond donors (Lipinski definition) is 3. The Morgan fingerprint density at radius 2 is 1.61 bits per heavy atom. The van der Waals surface area contributed by atoms with E-state index in [0.29, 0.717) is 13.0 Å². The molecule has 0 heterocycles. The van der Waals surface area contributed by atoms with Crippen LogP contribution < -0.4 is 5.32 Å². The number of rotatable bonds is 16. The van der Waals surface area contributed by atoms with E-state index in [-0.39, 0.29) is 56.1 Å². The van der Waals surface area contributed by atoms with Gasteiger partial charge in [0.2, 0.25) is 0 Å². The van der Waals surface area contributed by atoms with Gasteiger partial charge in [-0.25, -0.2) is 0 Å². The fourth-order valence-electron chi connectivity index (χ4n) is 5.17. The average molecular weight is 528 g/mol. The fourth-order valence-corrected chi connectivity index (χ4v) is 5.17. The first kappa shape index (κ1) is 31.5. The lowest BCUT2D eigenvalue weighted by Crippen LogP contribution is -2.38. The number of esters is 2. The van der Waals surface area contributed by atoms with E-state index in [2.05, 4.69) is 38.2 Å². The number of benzene rings is 2. The van der Waals surface area contributed by atoms with Crippen LogP contribution in [0, 0.1) is 10.8 Å². The van der Waals surface area contributed by atoms with Crippen molar-refractivity contribution in [2.45, 2.75) is 72.5 Å². The first-order valence-electron chi connectivity index (χ1n) is 13.4. The van der Waals surface area contributed by atoms with Crippen molar-refractivity contribution in [2.24, 2.45) is 10.8 Å². The van der Waals surface area contributed by atoms with Crippen molar-refractivity contribution in [2.75, 3.05) is 26.3 Å². The van der Waals surface area contributed by atoms with Gasteiger partial charge in [-0.15, -0.1) is 0 Å². The summed E-state index contributed by atoms with van der Waals surface area (Å²) in [7, 11) is 0. The van der Waals surface area contributed by atoms with E-state index in [1.54, 1.807) is 0 Å². The summed E-state index contributed by atoms with van der Waals surface area (Å²) < 4.78 is 10.8. The highest BCUT2D eigenvalue weighted by Gasteiger charge is 2.40. The smallest absolute Gasteiger partial charge is 0.311 e. The Labute approximate surface area is 227 Å². The van der Waals surface area contributed by atoms with Gasteiger partial charge in [0.15, 0.2) is 0 Å². The van der Waals surface area contributed by atoms with E-state index in [0.717, 1.165) is 23.1 Å². The molecule has 2 rings (SSSR count). The Hall–Kier alpha value is -2.74. The minimum absolute atomic E-state index is 0.0166. The molecule has 0 aliphatic heterocycles. The van der Waals surface area contributed by atoms with Crippen molar-refractivity contribution >= 4 is 11.9 Å². The molecule has 0 aliphatic rings. The van der Waals surface area contributed by atoms with Crippen LogP contribution in [0.4, 0.5) is 0 Å².